The fourth-order valence-electron chi connectivity index (χ4n) is 3.57. The number of rotatable bonds is 6. The number of fused-ring (bicyclic) bond motifs is 1. The quantitative estimate of drug-likeness (QED) is 0.589. The highest BCUT2D eigenvalue weighted by Gasteiger charge is 2.24. The SMILES string of the molecule is COc1ccc(C)c2sc(N(CCN3CCOCC3)C(=O)c3ccc(C#N)cc3)nc12. The largest absolute Gasteiger partial charge is 0.494 e. The zero-order valence-electron chi connectivity index (χ0n) is 17.6. The van der Waals surface area contributed by atoms with Crippen LogP contribution in [0.3, 0.4) is 0 Å². The van der Waals surface area contributed by atoms with E-state index in [2.05, 4.69) is 11.0 Å². The molecule has 160 valence electrons. The highest BCUT2D eigenvalue weighted by Crippen LogP contribution is 2.36. The Bertz CT molecular complexity index is 1110. The molecule has 3 aromatic rings. The first-order valence-corrected chi connectivity index (χ1v) is 11.0. The molecule has 1 aliphatic heterocycles. The molecular formula is C23H24N4O3S. The maximum absolute atomic E-state index is 13.5. The smallest absolute Gasteiger partial charge is 0.260 e. The number of ether oxygens (including phenoxy) is 2. The van der Waals surface area contributed by atoms with E-state index < -0.39 is 0 Å². The van der Waals surface area contributed by atoms with Crippen molar-refractivity contribution in [2.75, 3.05) is 51.4 Å². The van der Waals surface area contributed by atoms with Crippen LogP contribution in [0.25, 0.3) is 10.2 Å². The molecule has 7 nitrogen and oxygen atoms in total. The van der Waals surface area contributed by atoms with Crippen LogP contribution in [0, 0.1) is 18.3 Å². The predicted molar refractivity (Wildman–Crippen MR) is 121 cm³/mol. The van der Waals surface area contributed by atoms with Gasteiger partial charge in [-0.1, -0.05) is 17.4 Å². The number of carbonyl (C=O) groups is 1. The molecule has 1 aromatic heterocycles. The van der Waals surface area contributed by atoms with Crippen molar-refractivity contribution in [1.82, 2.24) is 9.88 Å². The lowest BCUT2D eigenvalue weighted by Crippen LogP contribution is -2.43. The molecule has 1 saturated heterocycles. The van der Waals surface area contributed by atoms with Crippen LogP contribution in [0.1, 0.15) is 21.5 Å². The Morgan fingerprint density at radius 3 is 2.68 bits per heavy atom. The van der Waals surface area contributed by atoms with E-state index in [0.717, 1.165) is 35.4 Å². The van der Waals surface area contributed by atoms with Crippen molar-refractivity contribution in [2.24, 2.45) is 0 Å². The van der Waals surface area contributed by atoms with Crippen molar-refractivity contribution >= 4 is 32.6 Å². The van der Waals surface area contributed by atoms with Crippen molar-refractivity contribution in [3.8, 4) is 11.8 Å². The Kier molecular flexibility index (Phi) is 6.47. The molecular weight excluding hydrogens is 412 g/mol. The number of benzene rings is 2. The van der Waals surface area contributed by atoms with Gasteiger partial charge >= 0.3 is 0 Å². The van der Waals surface area contributed by atoms with Gasteiger partial charge in [0.2, 0.25) is 0 Å². The molecule has 0 bridgehead atoms. The zero-order valence-corrected chi connectivity index (χ0v) is 18.4. The average Bonchev–Trinajstić information content (AvgIpc) is 3.26. The molecule has 0 atom stereocenters. The molecule has 0 saturated carbocycles. The van der Waals surface area contributed by atoms with Crippen molar-refractivity contribution in [2.45, 2.75) is 6.92 Å². The van der Waals surface area contributed by atoms with Crippen LogP contribution in [0.15, 0.2) is 36.4 Å². The lowest BCUT2D eigenvalue weighted by atomic mass is 10.1. The summed E-state index contributed by atoms with van der Waals surface area (Å²) in [7, 11) is 1.63. The molecule has 31 heavy (non-hydrogen) atoms. The summed E-state index contributed by atoms with van der Waals surface area (Å²) in [6.07, 6.45) is 0. The number of aryl methyl sites for hydroxylation is 1. The van der Waals surface area contributed by atoms with Gasteiger partial charge in [0, 0.05) is 31.7 Å². The number of amides is 1. The Morgan fingerprint density at radius 1 is 1.26 bits per heavy atom. The van der Waals surface area contributed by atoms with Gasteiger partial charge in [-0.15, -0.1) is 0 Å². The van der Waals surface area contributed by atoms with E-state index in [0.29, 0.717) is 41.8 Å². The summed E-state index contributed by atoms with van der Waals surface area (Å²) in [6.45, 7) is 6.40. The van der Waals surface area contributed by atoms with E-state index in [4.69, 9.17) is 19.7 Å². The fourth-order valence-corrected chi connectivity index (χ4v) is 4.65. The number of nitriles is 1. The number of hydrogen-bond donors (Lipinski definition) is 0. The second-order valence-electron chi connectivity index (χ2n) is 7.36. The fraction of sp³-hybridized carbons (Fsp3) is 0.348. The molecule has 2 aromatic carbocycles. The number of thiazole rings is 1. The monoisotopic (exact) mass is 436 g/mol. The number of nitrogens with zero attached hydrogens (tertiary/aromatic N) is 4. The highest BCUT2D eigenvalue weighted by molar-refractivity contribution is 7.22. The third-order valence-electron chi connectivity index (χ3n) is 5.39. The molecule has 4 rings (SSSR count). The van der Waals surface area contributed by atoms with Crippen molar-refractivity contribution in [1.29, 1.82) is 5.26 Å². The first-order valence-electron chi connectivity index (χ1n) is 10.2. The number of hydrogen-bond acceptors (Lipinski definition) is 7. The van der Waals surface area contributed by atoms with Crippen molar-refractivity contribution < 1.29 is 14.3 Å². The second kappa shape index (κ2) is 9.43. The summed E-state index contributed by atoms with van der Waals surface area (Å²) in [5.41, 5.74) is 2.92. The van der Waals surface area contributed by atoms with Gasteiger partial charge in [0.25, 0.3) is 5.91 Å². The molecule has 2 heterocycles. The average molecular weight is 437 g/mol. The van der Waals surface area contributed by atoms with Crippen LogP contribution >= 0.6 is 11.3 Å². The molecule has 0 aliphatic carbocycles. The molecule has 1 fully saturated rings. The number of aromatic nitrogens is 1. The minimum atomic E-state index is -0.131. The Balaban J connectivity index is 1.68. The lowest BCUT2D eigenvalue weighted by molar-refractivity contribution is 0.0391. The third kappa shape index (κ3) is 4.54. The summed E-state index contributed by atoms with van der Waals surface area (Å²) in [4.78, 5) is 22.3. The first-order chi connectivity index (χ1) is 15.1. The predicted octanol–water partition coefficient (Wildman–Crippen LogP) is 3.46. The molecule has 0 unspecified atom stereocenters. The van der Waals surface area contributed by atoms with E-state index in [1.807, 2.05) is 19.1 Å². The van der Waals surface area contributed by atoms with Gasteiger partial charge in [0.1, 0.15) is 11.3 Å². The van der Waals surface area contributed by atoms with Gasteiger partial charge in [0.05, 0.1) is 36.7 Å². The van der Waals surface area contributed by atoms with Gasteiger partial charge < -0.3 is 9.47 Å². The number of carbonyl (C=O) groups excluding carboxylic acids is 1. The van der Waals surface area contributed by atoms with Gasteiger partial charge in [-0.05, 0) is 42.8 Å². The molecule has 0 N–H and O–H groups in total. The van der Waals surface area contributed by atoms with E-state index in [-0.39, 0.29) is 5.91 Å². The Labute approximate surface area is 185 Å². The lowest BCUT2D eigenvalue weighted by Gasteiger charge is -2.29. The van der Waals surface area contributed by atoms with Crippen molar-refractivity contribution in [3.63, 3.8) is 0 Å². The Morgan fingerprint density at radius 2 is 2.00 bits per heavy atom. The van der Waals surface area contributed by atoms with Gasteiger partial charge in [-0.25, -0.2) is 4.98 Å². The van der Waals surface area contributed by atoms with Gasteiger partial charge in [-0.3, -0.25) is 14.6 Å². The highest BCUT2D eigenvalue weighted by atomic mass is 32.1. The molecule has 1 amide bonds. The summed E-state index contributed by atoms with van der Waals surface area (Å²) in [6, 6.07) is 12.7. The standard InChI is InChI=1S/C23H24N4O3S/c1-16-3-8-19(29-2)20-21(16)31-23(25-20)27(10-9-26-11-13-30-14-12-26)22(28)18-6-4-17(15-24)5-7-18/h3-8H,9-14H2,1-2H3. The maximum Gasteiger partial charge on any atom is 0.260 e. The van der Waals surface area contributed by atoms with Crippen LogP contribution in [0.5, 0.6) is 5.75 Å². The maximum atomic E-state index is 13.5. The Hall–Kier alpha value is -2.99. The minimum absolute atomic E-state index is 0.131. The molecule has 0 spiro atoms. The molecule has 8 heteroatoms. The van der Waals surface area contributed by atoms with Gasteiger partial charge in [0.15, 0.2) is 5.13 Å². The summed E-state index contributed by atoms with van der Waals surface area (Å²) >= 11 is 1.50. The van der Waals surface area contributed by atoms with E-state index >= 15 is 0 Å². The summed E-state index contributed by atoms with van der Waals surface area (Å²) < 4.78 is 11.9. The van der Waals surface area contributed by atoms with Crippen LogP contribution < -0.4 is 9.64 Å². The first kappa shape index (κ1) is 21.2. The second-order valence-corrected chi connectivity index (χ2v) is 8.34. The van der Waals surface area contributed by atoms with E-state index in [1.165, 1.54) is 11.3 Å². The molecule has 1 aliphatic rings. The number of methoxy groups -OCH3 is 1. The van der Waals surface area contributed by atoms with E-state index in [9.17, 15) is 4.79 Å². The van der Waals surface area contributed by atoms with E-state index in [1.54, 1.807) is 36.3 Å². The third-order valence-corrected chi connectivity index (χ3v) is 6.61. The van der Waals surface area contributed by atoms with Crippen LogP contribution in [0.2, 0.25) is 0 Å². The summed E-state index contributed by atoms with van der Waals surface area (Å²) in [5, 5.41) is 9.70. The molecule has 0 radical (unpaired) electrons. The number of anilines is 1. The van der Waals surface area contributed by atoms with Crippen LogP contribution in [0.4, 0.5) is 5.13 Å². The zero-order chi connectivity index (χ0) is 21.8. The summed E-state index contributed by atoms with van der Waals surface area (Å²) in [5.74, 6) is 0.565. The van der Waals surface area contributed by atoms with Crippen LogP contribution in [-0.4, -0.2) is 62.3 Å². The number of morpholine rings is 1. The van der Waals surface area contributed by atoms with Crippen LogP contribution in [-0.2, 0) is 4.74 Å². The van der Waals surface area contributed by atoms with Gasteiger partial charge in [-0.2, -0.15) is 5.26 Å². The normalized spacial score (nSPS) is 14.4. The van der Waals surface area contributed by atoms with Crippen molar-refractivity contribution in [3.05, 3.63) is 53.1 Å². The minimum Gasteiger partial charge on any atom is -0.494 e. The topological polar surface area (TPSA) is 78.7 Å².